The van der Waals surface area contributed by atoms with Crippen LogP contribution in [0.25, 0.3) is 0 Å². The minimum atomic E-state index is -0.733. The van der Waals surface area contributed by atoms with E-state index in [0.717, 1.165) is 17.8 Å². The number of carbonyl (C=O) groups is 2. The van der Waals surface area contributed by atoms with Gasteiger partial charge in [-0.2, -0.15) is 0 Å². The Labute approximate surface area is 186 Å². The lowest BCUT2D eigenvalue weighted by atomic mass is 10.0. The van der Waals surface area contributed by atoms with E-state index in [0.29, 0.717) is 31.1 Å². The maximum atomic E-state index is 12.7. The van der Waals surface area contributed by atoms with E-state index < -0.39 is 11.8 Å². The standard InChI is InChI=1S/C24H26N4O4/c1-28-13-12-25-22(28)15-21(17-5-3-2-4-6-17)27-24(30)23(29)26-18-7-9-19(10-8-18)32-20-11-14-31-16-20/h2-10,12-13,20-21H,11,14-16H2,1H3,(H,26,29)(H,27,30)/t20-,21-/m0/s1. The summed E-state index contributed by atoms with van der Waals surface area (Å²) in [5, 5.41) is 5.47. The number of nitrogens with zero attached hydrogens (tertiary/aromatic N) is 2. The largest absolute Gasteiger partial charge is 0.488 e. The van der Waals surface area contributed by atoms with Gasteiger partial charge in [-0.15, -0.1) is 0 Å². The average Bonchev–Trinajstić information content (AvgIpc) is 3.47. The van der Waals surface area contributed by atoms with Gasteiger partial charge in [0, 0.05) is 38.0 Å². The molecular formula is C24H26N4O4. The molecule has 2 heterocycles. The van der Waals surface area contributed by atoms with Gasteiger partial charge in [-0.25, -0.2) is 4.98 Å². The number of imidazole rings is 1. The Bertz CT molecular complexity index is 1040. The SMILES string of the molecule is Cn1ccnc1C[C@H](NC(=O)C(=O)Nc1ccc(O[C@H]2CCOC2)cc1)c1ccccc1. The monoisotopic (exact) mass is 434 g/mol. The number of aryl methyl sites for hydroxylation is 1. The fourth-order valence-corrected chi connectivity index (χ4v) is 3.54. The Morgan fingerprint density at radius 3 is 2.59 bits per heavy atom. The first-order valence-corrected chi connectivity index (χ1v) is 10.6. The van der Waals surface area contributed by atoms with Crippen molar-refractivity contribution in [2.45, 2.75) is 25.0 Å². The van der Waals surface area contributed by atoms with Gasteiger partial charge in [0.15, 0.2) is 0 Å². The molecule has 3 aromatic rings. The highest BCUT2D eigenvalue weighted by molar-refractivity contribution is 6.39. The molecule has 0 bridgehead atoms. The highest BCUT2D eigenvalue weighted by Gasteiger charge is 2.22. The molecule has 2 amide bonds. The lowest BCUT2D eigenvalue weighted by molar-refractivity contribution is -0.136. The Morgan fingerprint density at radius 1 is 1.16 bits per heavy atom. The van der Waals surface area contributed by atoms with Crippen LogP contribution < -0.4 is 15.4 Å². The van der Waals surface area contributed by atoms with Gasteiger partial charge in [0.1, 0.15) is 17.7 Å². The second kappa shape index (κ2) is 10.1. The first-order chi connectivity index (χ1) is 15.6. The second-order valence-corrected chi connectivity index (χ2v) is 7.68. The van der Waals surface area contributed by atoms with Crippen molar-refractivity contribution in [3.8, 4) is 5.75 Å². The predicted octanol–water partition coefficient (Wildman–Crippen LogP) is 2.63. The predicted molar refractivity (Wildman–Crippen MR) is 119 cm³/mol. The molecular weight excluding hydrogens is 408 g/mol. The molecule has 166 valence electrons. The third-order valence-corrected chi connectivity index (χ3v) is 5.32. The smallest absolute Gasteiger partial charge is 0.313 e. The highest BCUT2D eigenvalue weighted by atomic mass is 16.5. The fourth-order valence-electron chi connectivity index (χ4n) is 3.54. The molecule has 32 heavy (non-hydrogen) atoms. The van der Waals surface area contributed by atoms with Crippen molar-refractivity contribution in [1.29, 1.82) is 0 Å². The van der Waals surface area contributed by atoms with Crippen LogP contribution in [0.15, 0.2) is 67.0 Å². The van der Waals surface area contributed by atoms with E-state index in [9.17, 15) is 9.59 Å². The van der Waals surface area contributed by atoms with E-state index in [4.69, 9.17) is 9.47 Å². The lowest BCUT2D eigenvalue weighted by Crippen LogP contribution is -2.38. The lowest BCUT2D eigenvalue weighted by Gasteiger charge is -2.19. The van der Waals surface area contributed by atoms with Gasteiger partial charge in [0.05, 0.1) is 19.3 Å². The zero-order valence-corrected chi connectivity index (χ0v) is 17.9. The number of amides is 2. The number of hydrogen-bond donors (Lipinski definition) is 2. The Kier molecular flexibility index (Phi) is 6.81. The minimum Gasteiger partial charge on any atom is -0.488 e. The molecule has 0 aliphatic carbocycles. The molecule has 2 aromatic carbocycles. The molecule has 1 aliphatic rings. The topological polar surface area (TPSA) is 94.5 Å². The zero-order valence-electron chi connectivity index (χ0n) is 17.9. The van der Waals surface area contributed by atoms with Crippen molar-refractivity contribution in [2.75, 3.05) is 18.5 Å². The fraction of sp³-hybridized carbons (Fsp3) is 0.292. The molecule has 1 saturated heterocycles. The van der Waals surface area contributed by atoms with Crippen molar-refractivity contribution >= 4 is 17.5 Å². The van der Waals surface area contributed by atoms with Crippen LogP contribution in [-0.4, -0.2) is 40.7 Å². The molecule has 0 unspecified atom stereocenters. The number of ether oxygens (including phenoxy) is 2. The summed E-state index contributed by atoms with van der Waals surface area (Å²) in [7, 11) is 1.89. The quantitative estimate of drug-likeness (QED) is 0.558. The average molecular weight is 434 g/mol. The van der Waals surface area contributed by atoms with Gasteiger partial charge >= 0.3 is 11.8 Å². The summed E-state index contributed by atoms with van der Waals surface area (Å²) >= 11 is 0. The van der Waals surface area contributed by atoms with Crippen LogP contribution in [0.2, 0.25) is 0 Å². The molecule has 4 rings (SSSR count). The zero-order chi connectivity index (χ0) is 22.3. The summed E-state index contributed by atoms with van der Waals surface area (Å²) in [4.78, 5) is 29.5. The van der Waals surface area contributed by atoms with Crippen molar-refractivity contribution in [3.63, 3.8) is 0 Å². The number of anilines is 1. The third kappa shape index (κ3) is 5.53. The number of nitrogens with one attached hydrogen (secondary N) is 2. The molecule has 2 N–H and O–H groups in total. The molecule has 0 saturated carbocycles. The first kappa shape index (κ1) is 21.6. The van der Waals surface area contributed by atoms with Crippen LogP contribution >= 0.6 is 0 Å². The highest BCUT2D eigenvalue weighted by Crippen LogP contribution is 2.20. The summed E-state index contributed by atoms with van der Waals surface area (Å²) in [6, 6.07) is 16.1. The minimum absolute atomic E-state index is 0.0508. The molecule has 8 heteroatoms. The van der Waals surface area contributed by atoms with Crippen molar-refractivity contribution in [1.82, 2.24) is 14.9 Å². The van der Waals surface area contributed by atoms with E-state index in [1.165, 1.54) is 0 Å². The Balaban J connectivity index is 1.38. The Hall–Kier alpha value is -3.65. The van der Waals surface area contributed by atoms with Crippen LogP contribution in [0.4, 0.5) is 5.69 Å². The van der Waals surface area contributed by atoms with E-state index in [1.54, 1.807) is 30.5 Å². The number of rotatable bonds is 7. The van der Waals surface area contributed by atoms with Crippen LogP contribution in [-0.2, 0) is 27.8 Å². The van der Waals surface area contributed by atoms with E-state index >= 15 is 0 Å². The first-order valence-electron chi connectivity index (χ1n) is 10.6. The van der Waals surface area contributed by atoms with Crippen LogP contribution in [0.1, 0.15) is 23.9 Å². The van der Waals surface area contributed by atoms with Gasteiger partial charge in [-0.1, -0.05) is 30.3 Å². The number of hydrogen-bond acceptors (Lipinski definition) is 5. The van der Waals surface area contributed by atoms with Crippen molar-refractivity contribution < 1.29 is 19.1 Å². The molecule has 1 fully saturated rings. The molecule has 0 spiro atoms. The van der Waals surface area contributed by atoms with Gasteiger partial charge in [-0.05, 0) is 29.8 Å². The van der Waals surface area contributed by atoms with Gasteiger partial charge in [-0.3, -0.25) is 9.59 Å². The van der Waals surface area contributed by atoms with Crippen molar-refractivity contribution in [2.24, 2.45) is 7.05 Å². The van der Waals surface area contributed by atoms with Gasteiger partial charge in [0.2, 0.25) is 0 Å². The summed E-state index contributed by atoms with van der Waals surface area (Å²) in [5.41, 5.74) is 1.41. The van der Waals surface area contributed by atoms with E-state index in [1.807, 2.05) is 48.1 Å². The normalized spacial score (nSPS) is 16.3. The molecule has 0 radical (unpaired) electrons. The van der Waals surface area contributed by atoms with Crippen LogP contribution in [0.5, 0.6) is 5.75 Å². The summed E-state index contributed by atoms with van der Waals surface area (Å²) in [6.45, 7) is 1.29. The molecule has 1 aliphatic heterocycles. The molecule has 1 aromatic heterocycles. The maximum absolute atomic E-state index is 12.7. The molecule has 2 atom stereocenters. The summed E-state index contributed by atoms with van der Waals surface area (Å²) in [5.74, 6) is 0.0603. The van der Waals surface area contributed by atoms with Gasteiger partial charge < -0.3 is 24.7 Å². The third-order valence-electron chi connectivity index (χ3n) is 5.32. The Morgan fingerprint density at radius 2 is 1.94 bits per heavy atom. The maximum Gasteiger partial charge on any atom is 0.313 e. The second-order valence-electron chi connectivity index (χ2n) is 7.68. The van der Waals surface area contributed by atoms with Gasteiger partial charge in [0.25, 0.3) is 0 Å². The van der Waals surface area contributed by atoms with E-state index in [2.05, 4.69) is 15.6 Å². The van der Waals surface area contributed by atoms with Crippen molar-refractivity contribution in [3.05, 3.63) is 78.4 Å². The number of carbonyl (C=O) groups excluding carboxylic acids is 2. The summed E-state index contributed by atoms with van der Waals surface area (Å²) in [6.07, 6.45) is 4.93. The van der Waals surface area contributed by atoms with E-state index in [-0.39, 0.29) is 12.1 Å². The molecule has 8 nitrogen and oxygen atoms in total. The summed E-state index contributed by atoms with van der Waals surface area (Å²) < 4.78 is 13.0. The van der Waals surface area contributed by atoms with Crippen LogP contribution in [0.3, 0.4) is 0 Å². The number of benzene rings is 2. The number of aromatic nitrogens is 2. The van der Waals surface area contributed by atoms with Crippen LogP contribution in [0, 0.1) is 0 Å².